The summed E-state index contributed by atoms with van der Waals surface area (Å²) in [7, 11) is 1.79. The first-order valence-corrected chi connectivity index (χ1v) is 9.78. The topological polar surface area (TPSA) is 94.7 Å². The summed E-state index contributed by atoms with van der Waals surface area (Å²) < 4.78 is 5.53. The lowest BCUT2D eigenvalue weighted by Gasteiger charge is -2.43. The van der Waals surface area contributed by atoms with Crippen molar-refractivity contribution in [2.75, 3.05) is 26.7 Å². The summed E-state index contributed by atoms with van der Waals surface area (Å²) in [6, 6.07) is 0.702. The molecular formula is C18H34N4O3. The third-order valence-electron chi connectivity index (χ3n) is 6.36. The van der Waals surface area contributed by atoms with E-state index in [2.05, 4.69) is 28.2 Å². The van der Waals surface area contributed by atoms with Crippen molar-refractivity contribution >= 4 is 5.97 Å². The van der Waals surface area contributed by atoms with Crippen LogP contribution in [0.1, 0.15) is 39.0 Å². The van der Waals surface area contributed by atoms with Crippen LogP contribution in [0.3, 0.4) is 0 Å². The lowest BCUT2D eigenvalue weighted by Crippen LogP contribution is -2.66. The van der Waals surface area contributed by atoms with Gasteiger partial charge in [0.25, 0.3) is 0 Å². The van der Waals surface area contributed by atoms with Gasteiger partial charge < -0.3 is 15.2 Å². The first-order valence-electron chi connectivity index (χ1n) is 9.78. The molecule has 2 aliphatic heterocycles. The van der Waals surface area contributed by atoms with Crippen LogP contribution in [0.15, 0.2) is 0 Å². The van der Waals surface area contributed by atoms with Crippen molar-refractivity contribution in [2.24, 2.45) is 17.8 Å². The Morgan fingerprint density at radius 1 is 1.20 bits per heavy atom. The van der Waals surface area contributed by atoms with Gasteiger partial charge in [0.15, 0.2) is 0 Å². The number of carbonyl (C=O) groups is 1. The minimum absolute atomic E-state index is 0.0571. The summed E-state index contributed by atoms with van der Waals surface area (Å²) >= 11 is 0. The van der Waals surface area contributed by atoms with E-state index in [1.165, 1.54) is 0 Å². The fourth-order valence-electron chi connectivity index (χ4n) is 4.63. The van der Waals surface area contributed by atoms with Crippen LogP contribution in [0.2, 0.25) is 0 Å². The van der Waals surface area contributed by atoms with E-state index in [1.54, 1.807) is 7.11 Å². The number of piperidine rings is 1. The number of ether oxygens (including phenoxy) is 1. The Bertz CT molecular complexity index is 450. The number of rotatable bonds is 5. The summed E-state index contributed by atoms with van der Waals surface area (Å²) in [6.07, 6.45) is 5.06. The van der Waals surface area contributed by atoms with E-state index < -0.39 is 5.97 Å². The molecule has 7 unspecified atom stereocenters. The average Bonchev–Trinajstić information content (AvgIpc) is 2.63. The molecule has 3 rings (SSSR count). The van der Waals surface area contributed by atoms with Crippen LogP contribution in [0.4, 0.5) is 0 Å². The highest BCUT2D eigenvalue weighted by molar-refractivity contribution is 5.70. The van der Waals surface area contributed by atoms with Crippen molar-refractivity contribution in [1.29, 1.82) is 0 Å². The van der Waals surface area contributed by atoms with Crippen LogP contribution < -0.4 is 21.3 Å². The largest absolute Gasteiger partial charge is 0.481 e. The highest BCUT2D eigenvalue weighted by Crippen LogP contribution is 2.29. The molecule has 2 saturated heterocycles. The number of aliphatic carboxylic acids is 1. The standard InChI is InChI=1S/C18H34N4O3/c1-11-3-4-12(17(23)24)8-16(11)22-18-20-6-5-15(21-18)13-7-14(25-2)10-19-9-13/h11-16,18-22H,3-10H2,1-2H3,(H,23,24). The zero-order valence-electron chi connectivity index (χ0n) is 15.5. The molecule has 0 aromatic rings. The van der Waals surface area contributed by atoms with Gasteiger partial charge in [-0.25, -0.2) is 0 Å². The van der Waals surface area contributed by atoms with Crippen molar-refractivity contribution in [2.45, 2.75) is 63.5 Å². The Morgan fingerprint density at radius 3 is 2.80 bits per heavy atom. The quantitative estimate of drug-likeness (QED) is 0.485. The number of nitrogens with one attached hydrogen (secondary N) is 4. The fraction of sp³-hybridized carbons (Fsp3) is 0.944. The highest BCUT2D eigenvalue weighted by Gasteiger charge is 2.35. The Kier molecular flexibility index (Phi) is 6.68. The van der Waals surface area contributed by atoms with Gasteiger partial charge in [0, 0.05) is 25.7 Å². The minimum atomic E-state index is -0.653. The van der Waals surface area contributed by atoms with Gasteiger partial charge in [-0.1, -0.05) is 6.92 Å². The Hall–Kier alpha value is -0.730. The van der Waals surface area contributed by atoms with Gasteiger partial charge in [0.1, 0.15) is 6.29 Å². The molecule has 0 spiro atoms. The van der Waals surface area contributed by atoms with Gasteiger partial charge in [-0.3, -0.25) is 20.7 Å². The molecule has 0 aromatic heterocycles. The maximum Gasteiger partial charge on any atom is 0.306 e. The second-order valence-corrected chi connectivity index (χ2v) is 8.06. The van der Waals surface area contributed by atoms with Crippen molar-refractivity contribution < 1.29 is 14.6 Å². The summed E-state index contributed by atoms with van der Waals surface area (Å²) in [4.78, 5) is 11.3. The van der Waals surface area contributed by atoms with Crippen molar-refractivity contribution in [1.82, 2.24) is 21.3 Å². The van der Waals surface area contributed by atoms with Crippen LogP contribution >= 0.6 is 0 Å². The second kappa shape index (κ2) is 8.77. The third-order valence-corrected chi connectivity index (χ3v) is 6.36. The maximum atomic E-state index is 11.3. The molecule has 144 valence electrons. The molecule has 5 N–H and O–H groups in total. The first kappa shape index (κ1) is 19.0. The summed E-state index contributed by atoms with van der Waals surface area (Å²) in [5.74, 6) is 0.215. The van der Waals surface area contributed by atoms with E-state index >= 15 is 0 Å². The molecule has 3 fully saturated rings. The van der Waals surface area contributed by atoms with Crippen LogP contribution in [-0.4, -0.2) is 62.3 Å². The van der Waals surface area contributed by atoms with Gasteiger partial charge >= 0.3 is 5.97 Å². The predicted molar refractivity (Wildman–Crippen MR) is 96.2 cm³/mol. The number of carboxylic acid groups (broad SMARTS) is 1. The van der Waals surface area contributed by atoms with E-state index in [1.807, 2.05) is 0 Å². The van der Waals surface area contributed by atoms with Crippen molar-refractivity contribution in [3.8, 4) is 0 Å². The van der Waals surface area contributed by atoms with Crippen LogP contribution in [0, 0.1) is 17.8 Å². The second-order valence-electron chi connectivity index (χ2n) is 8.06. The van der Waals surface area contributed by atoms with Gasteiger partial charge in [0.05, 0.1) is 12.0 Å². The van der Waals surface area contributed by atoms with Crippen LogP contribution in [-0.2, 0) is 9.53 Å². The molecule has 25 heavy (non-hydrogen) atoms. The summed E-state index contributed by atoms with van der Waals surface area (Å²) in [5.41, 5.74) is 0. The normalized spacial score (nSPS) is 42.9. The SMILES string of the molecule is COC1CNCC(C2CCNC(NC3CC(C(=O)O)CCC3C)N2)C1. The molecule has 3 aliphatic rings. The van der Waals surface area contributed by atoms with Crippen LogP contribution in [0.5, 0.6) is 0 Å². The Morgan fingerprint density at radius 2 is 2.04 bits per heavy atom. The molecule has 7 heteroatoms. The molecule has 0 amide bonds. The highest BCUT2D eigenvalue weighted by atomic mass is 16.5. The monoisotopic (exact) mass is 354 g/mol. The third kappa shape index (κ3) is 4.92. The molecule has 0 bridgehead atoms. The van der Waals surface area contributed by atoms with E-state index in [0.717, 1.165) is 51.7 Å². The fourth-order valence-corrected chi connectivity index (χ4v) is 4.63. The molecule has 7 nitrogen and oxygen atoms in total. The van der Waals surface area contributed by atoms with Gasteiger partial charge in [-0.2, -0.15) is 0 Å². The lowest BCUT2D eigenvalue weighted by atomic mass is 9.79. The molecule has 0 radical (unpaired) electrons. The Labute approximate surface area is 150 Å². The first-order chi connectivity index (χ1) is 12.1. The lowest BCUT2D eigenvalue weighted by molar-refractivity contribution is -0.143. The zero-order valence-corrected chi connectivity index (χ0v) is 15.5. The van der Waals surface area contributed by atoms with E-state index in [0.29, 0.717) is 24.0 Å². The Balaban J connectivity index is 1.53. The smallest absolute Gasteiger partial charge is 0.306 e. The van der Waals surface area contributed by atoms with E-state index in [-0.39, 0.29) is 18.2 Å². The minimum Gasteiger partial charge on any atom is -0.481 e. The molecular weight excluding hydrogens is 320 g/mol. The van der Waals surface area contributed by atoms with E-state index in [9.17, 15) is 9.90 Å². The van der Waals surface area contributed by atoms with Gasteiger partial charge in [-0.15, -0.1) is 0 Å². The summed E-state index contributed by atoms with van der Waals surface area (Å²) in [6.45, 7) is 5.18. The number of carboxylic acids is 1. The van der Waals surface area contributed by atoms with Crippen molar-refractivity contribution in [3.05, 3.63) is 0 Å². The average molecular weight is 354 g/mol. The molecule has 2 heterocycles. The van der Waals surface area contributed by atoms with Crippen LogP contribution in [0.25, 0.3) is 0 Å². The maximum absolute atomic E-state index is 11.3. The molecule has 7 atom stereocenters. The van der Waals surface area contributed by atoms with Crippen molar-refractivity contribution in [3.63, 3.8) is 0 Å². The number of methoxy groups -OCH3 is 1. The molecule has 1 aliphatic carbocycles. The van der Waals surface area contributed by atoms with Gasteiger partial charge in [0.2, 0.25) is 0 Å². The number of hydrogen-bond acceptors (Lipinski definition) is 6. The molecule has 1 saturated carbocycles. The number of hydrogen-bond donors (Lipinski definition) is 5. The summed E-state index contributed by atoms with van der Waals surface area (Å²) in [5, 5.41) is 23.7. The van der Waals surface area contributed by atoms with Gasteiger partial charge in [-0.05, 0) is 57.0 Å². The predicted octanol–water partition coefficient (Wildman–Crippen LogP) is 0.325. The molecule has 0 aromatic carbocycles. The zero-order chi connectivity index (χ0) is 17.8. The van der Waals surface area contributed by atoms with E-state index in [4.69, 9.17) is 4.74 Å².